The number of rotatable bonds is 7. The van der Waals surface area contributed by atoms with Crippen LogP contribution in [0, 0.1) is 19.7 Å². The van der Waals surface area contributed by atoms with Crippen molar-refractivity contribution in [1.82, 2.24) is 23.6 Å². The summed E-state index contributed by atoms with van der Waals surface area (Å²) in [7, 11) is -3.99. The van der Waals surface area contributed by atoms with Crippen LogP contribution in [0.15, 0.2) is 102 Å². The fourth-order valence-corrected chi connectivity index (χ4v) is 8.14. The number of hydrogen-bond acceptors (Lipinski definition) is 6. The zero-order valence-electron chi connectivity index (χ0n) is 30.0. The summed E-state index contributed by atoms with van der Waals surface area (Å²) in [5.74, 6) is 0.00838. The van der Waals surface area contributed by atoms with Crippen LogP contribution in [0.2, 0.25) is 0 Å². The third-order valence-electron chi connectivity index (χ3n) is 9.52. The van der Waals surface area contributed by atoms with Gasteiger partial charge in [0.25, 0.3) is 10.0 Å². The molecule has 1 aliphatic rings. The van der Waals surface area contributed by atoms with E-state index in [4.69, 9.17) is 14.8 Å². The Bertz CT molecular complexity index is 2370. The SMILES string of the molecule is Cc1ccc(S(=O)(=O)n2cc(-c3cn(Cc4cccc(F)c4)nc3C)c3cc(-c4ccc(C5CCN(C(=O)OC(C)(C)C)CC5)cc4)cnc32)cc1. The lowest BCUT2D eigenvalue weighted by Crippen LogP contribution is -2.41. The van der Waals surface area contributed by atoms with E-state index in [1.165, 1.54) is 21.7 Å². The number of likely N-dealkylation sites (tertiary alicyclic amines) is 1. The number of piperidine rings is 1. The van der Waals surface area contributed by atoms with Crippen LogP contribution in [0.3, 0.4) is 0 Å². The summed E-state index contributed by atoms with van der Waals surface area (Å²) in [6, 6.07) is 23.5. The van der Waals surface area contributed by atoms with Crippen molar-refractivity contribution in [3.05, 3.63) is 126 Å². The van der Waals surface area contributed by atoms with Gasteiger partial charge in [-0.15, -0.1) is 0 Å². The summed E-state index contributed by atoms with van der Waals surface area (Å²) in [6.45, 7) is 11.1. The van der Waals surface area contributed by atoms with Gasteiger partial charge in [0.05, 0.1) is 17.1 Å². The highest BCUT2D eigenvalue weighted by atomic mass is 32.2. The molecule has 0 saturated carbocycles. The number of aromatic nitrogens is 4. The first-order valence-corrected chi connectivity index (χ1v) is 18.9. The van der Waals surface area contributed by atoms with Crippen LogP contribution in [-0.4, -0.2) is 56.8 Å². The molecule has 3 aromatic carbocycles. The first-order valence-electron chi connectivity index (χ1n) is 17.5. The number of carbonyl (C=O) groups excluding carboxylic acids is 1. The van der Waals surface area contributed by atoms with E-state index >= 15 is 0 Å². The molecule has 0 radical (unpaired) electrons. The summed E-state index contributed by atoms with van der Waals surface area (Å²) in [5.41, 5.74) is 6.64. The van der Waals surface area contributed by atoms with Crippen LogP contribution < -0.4 is 0 Å². The number of hydrogen-bond donors (Lipinski definition) is 0. The van der Waals surface area contributed by atoms with Crippen molar-refractivity contribution in [1.29, 1.82) is 0 Å². The molecule has 1 fully saturated rings. The highest BCUT2D eigenvalue weighted by Gasteiger charge is 2.28. The molecule has 0 N–H and O–H groups in total. The molecule has 3 aromatic heterocycles. The van der Waals surface area contributed by atoms with Crippen molar-refractivity contribution in [3.8, 4) is 22.3 Å². The van der Waals surface area contributed by atoms with Gasteiger partial charge in [0.15, 0.2) is 5.65 Å². The van der Waals surface area contributed by atoms with Crippen LogP contribution >= 0.6 is 0 Å². The molecule has 6 aromatic rings. The molecule has 7 rings (SSSR count). The fourth-order valence-electron chi connectivity index (χ4n) is 6.81. The number of ether oxygens (including phenoxy) is 1. The summed E-state index contributed by atoms with van der Waals surface area (Å²) < 4.78 is 50.6. The van der Waals surface area contributed by atoms with E-state index in [0.29, 0.717) is 47.8 Å². The van der Waals surface area contributed by atoms with E-state index < -0.39 is 15.6 Å². The largest absolute Gasteiger partial charge is 0.444 e. The zero-order chi connectivity index (χ0) is 36.8. The number of pyridine rings is 1. The van der Waals surface area contributed by atoms with Crippen molar-refractivity contribution in [2.45, 2.75) is 70.4 Å². The Morgan fingerprint density at radius 2 is 1.62 bits per heavy atom. The molecule has 1 amide bonds. The highest BCUT2D eigenvalue weighted by molar-refractivity contribution is 7.90. The third-order valence-corrected chi connectivity index (χ3v) is 11.2. The Kier molecular flexibility index (Phi) is 9.25. The van der Waals surface area contributed by atoms with Crippen molar-refractivity contribution < 1.29 is 22.3 Å². The molecule has 1 aliphatic heterocycles. The Balaban J connectivity index is 1.22. The Morgan fingerprint density at radius 1 is 0.904 bits per heavy atom. The molecule has 52 heavy (non-hydrogen) atoms. The topological polar surface area (TPSA) is 99.3 Å². The van der Waals surface area contributed by atoms with Gasteiger partial charge in [0, 0.05) is 53.8 Å². The van der Waals surface area contributed by atoms with Gasteiger partial charge in [-0.3, -0.25) is 4.68 Å². The van der Waals surface area contributed by atoms with Gasteiger partial charge in [-0.2, -0.15) is 5.10 Å². The average molecular weight is 720 g/mol. The molecule has 11 heteroatoms. The predicted molar refractivity (Wildman–Crippen MR) is 200 cm³/mol. The number of fused-ring (bicyclic) bond motifs is 1. The molecule has 9 nitrogen and oxygen atoms in total. The van der Waals surface area contributed by atoms with E-state index in [1.54, 1.807) is 52.3 Å². The first-order chi connectivity index (χ1) is 24.7. The summed E-state index contributed by atoms with van der Waals surface area (Å²) in [6.07, 6.45) is 6.64. The predicted octanol–water partition coefficient (Wildman–Crippen LogP) is 8.72. The fraction of sp³-hybridized carbons (Fsp3) is 0.293. The smallest absolute Gasteiger partial charge is 0.410 e. The van der Waals surface area contributed by atoms with Gasteiger partial charge in [0.2, 0.25) is 0 Å². The van der Waals surface area contributed by atoms with Gasteiger partial charge in [-0.25, -0.2) is 26.6 Å². The Hall–Kier alpha value is -5.29. The lowest BCUT2D eigenvalue weighted by Gasteiger charge is -2.33. The van der Waals surface area contributed by atoms with Crippen molar-refractivity contribution in [2.75, 3.05) is 13.1 Å². The quantitative estimate of drug-likeness (QED) is 0.164. The maximum absolute atomic E-state index is 14.1. The van der Waals surface area contributed by atoms with Crippen LogP contribution in [0.25, 0.3) is 33.3 Å². The monoisotopic (exact) mass is 719 g/mol. The average Bonchev–Trinajstić information content (AvgIpc) is 3.67. The molecule has 0 unspecified atom stereocenters. The van der Waals surface area contributed by atoms with Gasteiger partial charge in [-0.05, 0) is 100 Å². The normalized spacial score (nSPS) is 14.2. The summed E-state index contributed by atoms with van der Waals surface area (Å²) in [4.78, 5) is 19.3. The molecular weight excluding hydrogens is 678 g/mol. The second-order valence-corrected chi connectivity index (χ2v) is 16.4. The minimum atomic E-state index is -3.99. The molecule has 0 bridgehead atoms. The van der Waals surface area contributed by atoms with E-state index in [0.717, 1.165) is 40.7 Å². The summed E-state index contributed by atoms with van der Waals surface area (Å²) in [5, 5.41) is 5.38. The molecule has 0 aliphatic carbocycles. The van der Waals surface area contributed by atoms with E-state index in [1.807, 2.05) is 52.9 Å². The number of benzene rings is 3. The lowest BCUT2D eigenvalue weighted by atomic mass is 9.88. The van der Waals surface area contributed by atoms with E-state index in [2.05, 4.69) is 24.3 Å². The number of carbonyl (C=O) groups is 1. The molecule has 0 atom stereocenters. The second-order valence-electron chi connectivity index (χ2n) is 14.6. The van der Waals surface area contributed by atoms with Gasteiger partial charge in [0.1, 0.15) is 11.4 Å². The van der Waals surface area contributed by atoms with Crippen molar-refractivity contribution >= 4 is 27.1 Å². The maximum Gasteiger partial charge on any atom is 0.410 e. The first kappa shape index (κ1) is 35.1. The van der Waals surface area contributed by atoms with Crippen LogP contribution in [-0.2, 0) is 21.3 Å². The standard InChI is InChI=1S/C41H42FN5O4S/c1-27-9-15-35(16-10-27)52(49,50)47-26-38(37-25-46(44-28(37)2)24-29-7-6-8-34(42)21-29)36-22-33(23-43-39(36)47)31-13-11-30(12-14-31)32-17-19-45(20-18-32)40(48)51-41(3,4)5/h6-16,21-23,25-26,32H,17-20,24H2,1-5H3. The molecule has 4 heterocycles. The van der Waals surface area contributed by atoms with Crippen LogP contribution in [0.1, 0.15) is 61.9 Å². The molecule has 268 valence electrons. The zero-order valence-corrected chi connectivity index (χ0v) is 30.8. The molecule has 1 saturated heterocycles. The highest BCUT2D eigenvalue weighted by Crippen LogP contribution is 2.37. The van der Waals surface area contributed by atoms with Crippen LogP contribution in [0.4, 0.5) is 9.18 Å². The Morgan fingerprint density at radius 3 is 2.29 bits per heavy atom. The van der Waals surface area contributed by atoms with Gasteiger partial charge >= 0.3 is 6.09 Å². The summed E-state index contributed by atoms with van der Waals surface area (Å²) >= 11 is 0. The number of amides is 1. The third kappa shape index (κ3) is 7.23. The van der Waals surface area contributed by atoms with Gasteiger partial charge < -0.3 is 9.64 Å². The lowest BCUT2D eigenvalue weighted by molar-refractivity contribution is 0.0205. The number of aryl methyl sites for hydroxylation is 2. The van der Waals surface area contributed by atoms with E-state index in [-0.39, 0.29) is 16.8 Å². The molecular formula is C41H42FN5O4S. The Labute approximate surface area is 303 Å². The van der Waals surface area contributed by atoms with Crippen LogP contribution in [0.5, 0.6) is 0 Å². The van der Waals surface area contributed by atoms with Crippen molar-refractivity contribution in [3.63, 3.8) is 0 Å². The minimum Gasteiger partial charge on any atom is -0.444 e. The maximum atomic E-state index is 14.1. The number of halogens is 1. The van der Waals surface area contributed by atoms with Gasteiger partial charge in [-0.1, -0.05) is 54.1 Å². The second kappa shape index (κ2) is 13.7. The molecule has 0 spiro atoms. The number of nitrogens with zero attached hydrogens (tertiary/aromatic N) is 5. The minimum absolute atomic E-state index is 0.165. The van der Waals surface area contributed by atoms with Crippen molar-refractivity contribution in [2.24, 2.45) is 0 Å². The van der Waals surface area contributed by atoms with E-state index in [9.17, 15) is 17.6 Å².